The molecule has 0 unspecified atom stereocenters. The van der Waals surface area contributed by atoms with Crippen molar-refractivity contribution in [2.45, 2.75) is 20.5 Å². The van der Waals surface area contributed by atoms with Crippen molar-refractivity contribution < 1.29 is 8.42 Å². The van der Waals surface area contributed by atoms with E-state index in [9.17, 15) is 8.42 Å². The second kappa shape index (κ2) is 9.49. The first-order valence-corrected chi connectivity index (χ1v) is 14.7. The van der Waals surface area contributed by atoms with Gasteiger partial charge in [-0.1, -0.05) is 89.3 Å². The van der Waals surface area contributed by atoms with Gasteiger partial charge < -0.3 is 5.32 Å². The van der Waals surface area contributed by atoms with E-state index in [1.165, 1.54) is 35.2 Å². The number of hydrogen-bond donors (Lipinski definition) is 2. The van der Waals surface area contributed by atoms with Crippen LogP contribution in [0.3, 0.4) is 0 Å². The average molecular weight is 551 g/mol. The van der Waals surface area contributed by atoms with E-state index >= 15 is 0 Å². The summed E-state index contributed by atoms with van der Waals surface area (Å²) < 4.78 is 30.5. The van der Waals surface area contributed by atoms with E-state index in [1.807, 2.05) is 60.7 Å². The minimum Gasteiger partial charge on any atom is -0.330 e. The van der Waals surface area contributed by atoms with Gasteiger partial charge in [0.05, 0.1) is 16.2 Å². The number of nitrogens with one attached hydrogen (secondary N) is 2. The van der Waals surface area contributed by atoms with Gasteiger partial charge in [-0.15, -0.1) is 10.2 Å². The molecular weight excluding hydrogens is 532 g/mol. The standard InChI is InChI=1S/C26H19ClN4O2S3/c27-17-12-14-19(15-13-17)36(32,33)31-23-20-10-4-6-16-7-5-11-21(22(16)20)24(23)34-26-30-29-25(35-26)28-18-8-2-1-3-9-18/h1-15,23-24,31H,(H,28,29)/t23-,24-/m0/s1. The van der Waals surface area contributed by atoms with Gasteiger partial charge in [-0.3, -0.25) is 0 Å². The van der Waals surface area contributed by atoms with Gasteiger partial charge in [0.15, 0.2) is 4.34 Å². The normalized spacial score (nSPS) is 16.9. The van der Waals surface area contributed by atoms with Gasteiger partial charge in [-0.05, 0) is 58.3 Å². The first-order valence-electron chi connectivity index (χ1n) is 11.1. The summed E-state index contributed by atoms with van der Waals surface area (Å²) in [7, 11) is -3.80. The van der Waals surface area contributed by atoms with Crippen molar-refractivity contribution in [1.29, 1.82) is 0 Å². The van der Waals surface area contributed by atoms with Gasteiger partial charge in [-0.25, -0.2) is 13.1 Å². The lowest BCUT2D eigenvalue weighted by molar-refractivity contribution is 0.557. The van der Waals surface area contributed by atoms with Gasteiger partial charge in [0.2, 0.25) is 15.2 Å². The number of aromatic nitrogens is 2. The Bertz CT molecular complexity index is 1650. The fourth-order valence-corrected chi connectivity index (χ4v) is 8.06. The largest absolute Gasteiger partial charge is 0.330 e. The van der Waals surface area contributed by atoms with Crippen LogP contribution in [0.4, 0.5) is 10.8 Å². The maximum Gasteiger partial charge on any atom is 0.241 e. The first-order chi connectivity index (χ1) is 17.5. The van der Waals surface area contributed by atoms with Crippen molar-refractivity contribution in [3.8, 4) is 0 Å². The van der Waals surface area contributed by atoms with E-state index in [2.05, 4.69) is 26.3 Å². The zero-order valence-electron chi connectivity index (χ0n) is 18.6. The Kier molecular flexibility index (Phi) is 6.18. The van der Waals surface area contributed by atoms with Gasteiger partial charge in [0.1, 0.15) is 0 Å². The highest BCUT2D eigenvalue weighted by Gasteiger charge is 2.38. The van der Waals surface area contributed by atoms with Crippen LogP contribution in [0.5, 0.6) is 0 Å². The third kappa shape index (κ3) is 4.49. The smallest absolute Gasteiger partial charge is 0.241 e. The molecule has 0 spiro atoms. The number of benzene rings is 4. The molecule has 36 heavy (non-hydrogen) atoms. The lowest BCUT2D eigenvalue weighted by Crippen LogP contribution is -2.29. The van der Waals surface area contributed by atoms with Crippen molar-refractivity contribution in [3.05, 3.63) is 107 Å². The molecule has 0 bridgehead atoms. The van der Waals surface area contributed by atoms with Crippen LogP contribution < -0.4 is 10.0 Å². The molecule has 2 atom stereocenters. The van der Waals surface area contributed by atoms with Crippen LogP contribution in [0.25, 0.3) is 10.8 Å². The van der Waals surface area contributed by atoms with E-state index in [0.29, 0.717) is 10.2 Å². The summed E-state index contributed by atoms with van der Waals surface area (Å²) in [5.41, 5.74) is 2.95. The zero-order chi connectivity index (χ0) is 24.7. The number of hydrogen-bond acceptors (Lipinski definition) is 7. The predicted molar refractivity (Wildman–Crippen MR) is 147 cm³/mol. The summed E-state index contributed by atoms with van der Waals surface area (Å²) in [5, 5.41) is 15.0. The van der Waals surface area contributed by atoms with E-state index < -0.39 is 16.1 Å². The van der Waals surface area contributed by atoms with Crippen molar-refractivity contribution in [1.82, 2.24) is 14.9 Å². The summed E-state index contributed by atoms with van der Waals surface area (Å²) in [6.45, 7) is 0. The molecule has 1 heterocycles. The topological polar surface area (TPSA) is 84.0 Å². The van der Waals surface area contributed by atoms with Gasteiger partial charge >= 0.3 is 0 Å². The number of halogens is 1. The van der Waals surface area contributed by atoms with Gasteiger partial charge in [-0.2, -0.15) is 0 Å². The summed E-state index contributed by atoms with van der Waals surface area (Å²) in [4.78, 5) is 0.170. The van der Waals surface area contributed by atoms with Crippen LogP contribution >= 0.6 is 34.7 Å². The molecule has 1 aliphatic carbocycles. The Balaban J connectivity index is 1.34. The molecule has 0 radical (unpaired) electrons. The van der Waals surface area contributed by atoms with Crippen LogP contribution in [-0.4, -0.2) is 18.6 Å². The second-order valence-corrected chi connectivity index (χ2v) is 12.8. The molecular formula is C26H19ClN4O2S3. The summed E-state index contributed by atoms with van der Waals surface area (Å²) in [6, 6.07) is 27.6. The second-order valence-electron chi connectivity index (χ2n) is 8.25. The summed E-state index contributed by atoms with van der Waals surface area (Å²) in [6.07, 6.45) is 0. The molecule has 1 aliphatic rings. The van der Waals surface area contributed by atoms with Crippen LogP contribution in [0.15, 0.2) is 100 Å². The van der Waals surface area contributed by atoms with Crippen LogP contribution in [0, 0.1) is 0 Å². The van der Waals surface area contributed by atoms with Crippen molar-refractivity contribution >= 4 is 66.3 Å². The number of anilines is 2. The van der Waals surface area contributed by atoms with E-state index in [-0.39, 0.29) is 10.1 Å². The third-order valence-electron chi connectivity index (χ3n) is 5.98. The number of sulfonamides is 1. The monoisotopic (exact) mass is 550 g/mol. The average Bonchev–Trinajstić information content (AvgIpc) is 3.44. The molecule has 4 aromatic carbocycles. The van der Waals surface area contributed by atoms with Crippen LogP contribution in [0.1, 0.15) is 22.4 Å². The Morgan fingerprint density at radius 3 is 2.31 bits per heavy atom. The molecule has 2 N–H and O–H groups in total. The molecule has 0 saturated carbocycles. The summed E-state index contributed by atoms with van der Waals surface area (Å²) >= 11 is 8.93. The molecule has 0 fully saturated rings. The van der Waals surface area contributed by atoms with Gasteiger partial charge in [0, 0.05) is 10.7 Å². The van der Waals surface area contributed by atoms with Crippen molar-refractivity contribution in [2.75, 3.05) is 5.32 Å². The Labute approximate surface area is 221 Å². The molecule has 6 nitrogen and oxygen atoms in total. The van der Waals surface area contributed by atoms with Crippen LogP contribution in [0.2, 0.25) is 5.02 Å². The zero-order valence-corrected chi connectivity index (χ0v) is 21.8. The fraction of sp³-hybridized carbons (Fsp3) is 0.0769. The highest BCUT2D eigenvalue weighted by atomic mass is 35.5. The molecule has 6 rings (SSSR count). The van der Waals surface area contributed by atoms with E-state index in [4.69, 9.17) is 11.6 Å². The highest BCUT2D eigenvalue weighted by Crippen LogP contribution is 2.54. The lowest BCUT2D eigenvalue weighted by atomic mass is 10.1. The molecule has 0 saturated heterocycles. The molecule has 10 heteroatoms. The number of rotatable bonds is 7. The molecule has 180 valence electrons. The Morgan fingerprint density at radius 1 is 0.833 bits per heavy atom. The third-order valence-corrected chi connectivity index (χ3v) is 9.92. The Morgan fingerprint density at radius 2 is 1.56 bits per heavy atom. The Hall–Kier alpha value is -2.95. The fourth-order valence-electron chi connectivity index (χ4n) is 4.41. The minimum absolute atomic E-state index is 0.170. The maximum absolute atomic E-state index is 13.4. The first kappa shape index (κ1) is 23.4. The summed E-state index contributed by atoms with van der Waals surface area (Å²) in [5.74, 6) is 0. The maximum atomic E-state index is 13.4. The molecule has 5 aromatic rings. The number of para-hydroxylation sites is 1. The van der Waals surface area contributed by atoms with E-state index in [0.717, 1.165) is 31.9 Å². The SMILES string of the molecule is O=S(=O)(N[C@H]1c2cccc3cccc(c23)[C@@H]1Sc1nnc(Nc2ccccc2)s1)c1ccc(Cl)cc1. The predicted octanol–water partition coefficient (Wildman–Crippen LogP) is 6.95. The molecule has 0 aliphatic heterocycles. The minimum atomic E-state index is -3.80. The molecule has 0 amide bonds. The molecule has 1 aromatic heterocycles. The van der Waals surface area contributed by atoms with Crippen molar-refractivity contribution in [2.24, 2.45) is 0 Å². The lowest BCUT2D eigenvalue weighted by Gasteiger charge is -2.22. The quantitative estimate of drug-likeness (QED) is 0.228. The van der Waals surface area contributed by atoms with Crippen LogP contribution in [-0.2, 0) is 10.0 Å². The highest BCUT2D eigenvalue weighted by molar-refractivity contribution is 8.01. The van der Waals surface area contributed by atoms with Gasteiger partial charge in [0.25, 0.3) is 0 Å². The van der Waals surface area contributed by atoms with Crippen molar-refractivity contribution in [3.63, 3.8) is 0 Å². The number of nitrogens with zero attached hydrogens (tertiary/aromatic N) is 2. The van der Waals surface area contributed by atoms with E-state index in [1.54, 1.807) is 12.1 Å². The number of thioether (sulfide) groups is 1.